The summed E-state index contributed by atoms with van der Waals surface area (Å²) in [4.78, 5) is 65.9. The van der Waals surface area contributed by atoms with E-state index in [0.29, 0.717) is 50.3 Å². The van der Waals surface area contributed by atoms with Gasteiger partial charge in [0, 0.05) is 87.3 Å². The molecule has 0 aliphatic rings. The van der Waals surface area contributed by atoms with E-state index in [2.05, 4.69) is 36.6 Å². The van der Waals surface area contributed by atoms with E-state index in [0.717, 1.165) is 47.6 Å². The van der Waals surface area contributed by atoms with E-state index in [1.54, 1.807) is 17.0 Å². The molecule has 5 amide bonds. The zero-order chi connectivity index (χ0) is 59.6. The van der Waals surface area contributed by atoms with E-state index in [-0.39, 0.29) is 144 Å². The summed E-state index contributed by atoms with van der Waals surface area (Å²) in [5.41, 5.74) is 11.0. The topological polar surface area (TPSA) is 319 Å². The summed E-state index contributed by atoms with van der Waals surface area (Å²) in [6.07, 6.45) is 4.03. The summed E-state index contributed by atoms with van der Waals surface area (Å²) >= 11 is 5.66. The van der Waals surface area contributed by atoms with Gasteiger partial charge in [-0.05, 0) is 66.1 Å². The maximum atomic E-state index is 13.4. The van der Waals surface area contributed by atoms with Gasteiger partial charge in [-0.2, -0.15) is 0 Å². The number of aliphatic hydroxyl groups excluding tert-OH is 1. The van der Waals surface area contributed by atoms with Crippen LogP contribution in [0.4, 0.5) is 24.9 Å². The number of azide groups is 1. The maximum Gasteiger partial charge on any atom is 0.407 e. The molecule has 0 fully saturated rings. The fourth-order valence-electron chi connectivity index (χ4n) is 7.17. The number of hydrogen-bond donors (Lipinski definition) is 6. The van der Waals surface area contributed by atoms with Crippen molar-refractivity contribution in [3.63, 3.8) is 0 Å². The smallest absolute Gasteiger partial charge is 0.407 e. The number of benzene rings is 3. The fourth-order valence-corrected chi connectivity index (χ4v) is 7.36. The lowest BCUT2D eigenvalue weighted by atomic mass is 10.1. The van der Waals surface area contributed by atoms with Gasteiger partial charge >= 0.3 is 24.4 Å². The predicted molar refractivity (Wildman–Crippen MR) is 309 cm³/mol. The molecule has 83 heavy (non-hydrogen) atoms. The molecular formula is C56H84ClN9O17. The number of fused-ring (bicyclic) bond motifs is 1. The van der Waals surface area contributed by atoms with E-state index < -0.39 is 30.5 Å². The number of hydrogen-bond acceptors (Lipinski definition) is 19. The number of ether oxygens (including phenoxy) is 11. The molecule has 26 nitrogen and oxygen atoms in total. The van der Waals surface area contributed by atoms with Crippen molar-refractivity contribution >= 4 is 58.3 Å². The van der Waals surface area contributed by atoms with Crippen molar-refractivity contribution in [2.75, 3.05) is 164 Å². The second-order valence-electron chi connectivity index (χ2n) is 17.9. The molecule has 3 aromatic rings. The van der Waals surface area contributed by atoms with Crippen LogP contribution in [0.3, 0.4) is 0 Å². The Morgan fingerprint density at radius 2 is 1.16 bits per heavy atom. The minimum Gasteiger partial charge on any atom is -0.490 e. The lowest BCUT2D eigenvalue weighted by Gasteiger charge is -2.24. The lowest BCUT2D eigenvalue weighted by molar-refractivity contribution is -0.131. The van der Waals surface area contributed by atoms with Crippen molar-refractivity contribution < 1.29 is 81.2 Å². The molecule has 3 rings (SSSR count). The minimum atomic E-state index is -0.820. The van der Waals surface area contributed by atoms with E-state index in [1.807, 2.05) is 55.5 Å². The van der Waals surface area contributed by atoms with Crippen LogP contribution in [0.2, 0.25) is 0 Å². The van der Waals surface area contributed by atoms with Crippen LogP contribution in [0.5, 0.6) is 5.75 Å². The number of aliphatic hydroxyl groups is 1. The monoisotopic (exact) mass is 1190 g/mol. The van der Waals surface area contributed by atoms with Crippen LogP contribution in [-0.2, 0) is 58.7 Å². The Labute approximate surface area is 490 Å². The van der Waals surface area contributed by atoms with Crippen molar-refractivity contribution in [2.24, 2.45) is 5.11 Å². The molecule has 0 saturated heterocycles. The van der Waals surface area contributed by atoms with Gasteiger partial charge in [0.15, 0.2) is 0 Å². The van der Waals surface area contributed by atoms with Crippen LogP contribution in [0.1, 0.15) is 43.2 Å². The van der Waals surface area contributed by atoms with Crippen LogP contribution >= 0.6 is 11.6 Å². The molecule has 0 bridgehead atoms. The summed E-state index contributed by atoms with van der Waals surface area (Å²) in [6, 6.07) is 18.9. The number of aryl methyl sites for hydroxylation is 1. The normalized spacial score (nSPS) is 11.4. The first-order valence-electron chi connectivity index (χ1n) is 27.8. The number of carbonyl (C=O) groups excluding carboxylic acids is 5. The Hall–Kier alpha value is -6.71. The second-order valence-corrected chi connectivity index (χ2v) is 18.3. The van der Waals surface area contributed by atoms with Crippen molar-refractivity contribution in [1.29, 1.82) is 0 Å². The number of alkyl halides is 1. The van der Waals surface area contributed by atoms with Gasteiger partial charge in [-0.1, -0.05) is 66.5 Å². The zero-order valence-corrected chi connectivity index (χ0v) is 48.3. The van der Waals surface area contributed by atoms with Crippen molar-refractivity contribution in [2.45, 2.75) is 51.7 Å². The number of unbranched alkanes of at least 4 members (excludes halogenated alkanes) is 3. The standard InChI is InChI=1S/C56H84ClN9O17/c1-45-15-16-46(41-50(45)64-65-58)43-66(52(68)17-19-59-42-48(67)44-83-51-14-10-12-47-11-4-5-13-49(47)51)24-20-60-53(69)81-39-37-77-35-33-75-28-21-61-54(70)79-26-8-9-27-80-55(71)62-22-29-76-34-36-78-38-40-82-56(72)63-23-30-74-32-31-73-25-7-3-2-6-18-57/h4-5,8-16,41,48,59,67H,2-3,6-7,17-40,42-44H2,1H3,(H,60,69)(H,61,70)(H,62,71)(H,63,72)/b9-8+/t48-/m0/s1. The van der Waals surface area contributed by atoms with Gasteiger partial charge in [0.2, 0.25) is 5.91 Å². The molecule has 462 valence electrons. The van der Waals surface area contributed by atoms with E-state index in [1.165, 1.54) is 12.2 Å². The van der Waals surface area contributed by atoms with Gasteiger partial charge in [-0.15, -0.1) is 11.6 Å². The molecule has 0 saturated carbocycles. The molecule has 0 aliphatic carbocycles. The van der Waals surface area contributed by atoms with E-state index in [9.17, 15) is 29.1 Å². The lowest BCUT2D eigenvalue weighted by Crippen LogP contribution is -2.40. The number of nitrogens with zero attached hydrogens (tertiary/aromatic N) is 4. The number of halogens is 1. The highest BCUT2D eigenvalue weighted by Gasteiger charge is 2.16. The number of nitrogens with one attached hydrogen (secondary N) is 5. The van der Waals surface area contributed by atoms with Gasteiger partial charge in [0.1, 0.15) is 44.9 Å². The Morgan fingerprint density at radius 3 is 1.76 bits per heavy atom. The molecule has 0 heterocycles. The van der Waals surface area contributed by atoms with Crippen molar-refractivity contribution in [3.8, 4) is 5.75 Å². The molecule has 6 N–H and O–H groups in total. The van der Waals surface area contributed by atoms with Gasteiger partial charge in [-0.3, -0.25) is 4.79 Å². The van der Waals surface area contributed by atoms with Crippen molar-refractivity contribution in [3.05, 3.63) is 94.4 Å². The third kappa shape index (κ3) is 36.5. The van der Waals surface area contributed by atoms with Crippen LogP contribution < -0.4 is 31.3 Å². The van der Waals surface area contributed by atoms with Gasteiger partial charge < -0.3 is 88.7 Å². The zero-order valence-electron chi connectivity index (χ0n) is 47.6. The largest absolute Gasteiger partial charge is 0.490 e. The summed E-state index contributed by atoms with van der Waals surface area (Å²) in [5.74, 6) is 1.17. The molecule has 0 spiro atoms. The average molecular weight is 1190 g/mol. The number of alkyl carbamates (subject to hydrolysis) is 4. The van der Waals surface area contributed by atoms with E-state index in [4.69, 9.17) is 69.2 Å². The molecule has 0 radical (unpaired) electrons. The Balaban J connectivity index is 1.11. The number of amides is 5. The first-order valence-corrected chi connectivity index (χ1v) is 28.3. The van der Waals surface area contributed by atoms with Crippen LogP contribution in [0, 0.1) is 6.92 Å². The highest BCUT2D eigenvalue weighted by molar-refractivity contribution is 6.17. The maximum absolute atomic E-state index is 13.4. The van der Waals surface area contributed by atoms with Crippen LogP contribution in [0.15, 0.2) is 77.9 Å². The second kappa shape index (κ2) is 47.7. The van der Waals surface area contributed by atoms with Crippen LogP contribution in [-0.4, -0.2) is 210 Å². The molecule has 3 aromatic carbocycles. The highest BCUT2D eigenvalue weighted by atomic mass is 35.5. The summed E-state index contributed by atoms with van der Waals surface area (Å²) < 4.78 is 58.7. The Morgan fingerprint density at radius 1 is 0.627 bits per heavy atom. The molecule has 0 aliphatic heterocycles. The quantitative estimate of drug-likeness (QED) is 0.00697. The van der Waals surface area contributed by atoms with E-state index >= 15 is 0 Å². The summed E-state index contributed by atoms with van der Waals surface area (Å²) in [5, 5.41) is 29.7. The van der Waals surface area contributed by atoms with Gasteiger partial charge in [-0.25, -0.2) is 19.2 Å². The third-order valence-corrected chi connectivity index (χ3v) is 11.7. The highest BCUT2D eigenvalue weighted by Crippen LogP contribution is 2.25. The van der Waals surface area contributed by atoms with Gasteiger partial charge in [0.05, 0.1) is 72.7 Å². The number of rotatable bonds is 48. The Bertz CT molecular complexity index is 2350. The first-order chi connectivity index (χ1) is 40.6. The molecule has 27 heteroatoms. The molecule has 1 atom stereocenters. The van der Waals surface area contributed by atoms with Crippen LogP contribution in [0.25, 0.3) is 21.2 Å². The van der Waals surface area contributed by atoms with Gasteiger partial charge in [0.25, 0.3) is 0 Å². The predicted octanol–water partition coefficient (Wildman–Crippen LogP) is 6.20. The summed E-state index contributed by atoms with van der Waals surface area (Å²) in [7, 11) is 0. The average Bonchev–Trinajstić information content (AvgIpc) is 3.53. The number of carbonyl (C=O) groups is 5. The Kier molecular flexibility index (Phi) is 40.6. The van der Waals surface area contributed by atoms with Crippen molar-refractivity contribution in [1.82, 2.24) is 31.5 Å². The summed E-state index contributed by atoms with van der Waals surface area (Å²) in [6.45, 7) is 7.21. The molecular weight excluding hydrogens is 1110 g/mol. The SMILES string of the molecule is Cc1ccc(CN(CCNC(=O)OCCOCCOCCNC(=O)OC/C=C/COC(=O)NCCOCCOCCOC(=O)NCCOCCOCCCCCCCl)C(=O)CCNC[C@H](O)COc2cccc3ccccc23)cc1N=[N+]=[N-]. The third-order valence-electron chi connectivity index (χ3n) is 11.4. The molecule has 0 unspecified atom stereocenters. The molecule has 0 aromatic heterocycles. The minimum absolute atomic E-state index is 0.0320. The fraction of sp³-hybridized carbons (Fsp3) is 0.589. The first kappa shape index (κ1) is 70.6.